The maximum Gasteiger partial charge on any atom is 0.257 e. The molecule has 1 rings (SSSR count). The molecular formula is C12H20F2N4O. The van der Waals surface area contributed by atoms with Crippen molar-refractivity contribution in [2.24, 2.45) is 0 Å². The minimum absolute atomic E-state index is 0.0587. The van der Waals surface area contributed by atoms with E-state index in [1.54, 1.807) is 18.9 Å². The second-order valence-electron chi connectivity index (χ2n) is 4.75. The highest BCUT2D eigenvalue weighted by Gasteiger charge is 2.19. The third-order valence-electron chi connectivity index (χ3n) is 2.83. The van der Waals surface area contributed by atoms with Gasteiger partial charge in [-0.05, 0) is 20.8 Å². The lowest BCUT2D eigenvalue weighted by Gasteiger charge is -2.25. The van der Waals surface area contributed by atoms with Crippen molar-refractivity contribution >= 4 is 11.6 Å². The van der Waals surface area contributed by atoms with Crippen LogP contribution in [0.25, 0.3) is 0 Å². The molecule has 0 saturated heterocycles. The van der Waals surface area contributed by atoms with Crippen LogP contribution in [-0.4, -0.2) is 46.1 Å². The van der Waals surface area contributed by atoms with Gasteiger partial charge in [-0.3, -0.25) is 9.48 Å². The maximum absolute atomic E-state index is 12.2. The van der Waals surface area contributed by atoms with Gasteiger partial charge in [-0.15, -0.1) is 0 Å². The number of alkyl halides is 2. The molecular weight excluding hydrogens is 254 g/mol. The van der Waals surface area contributed by atoms with E-state index in [0.29, 0.717) is 5.69 Å². The number of hydrogen-bond acceptors (Lipinski definition) is 3. The van der Waals surface area contributed by atoms with E-state index in [4.69, 9.17) is 0 Å². The zero-order valence-corrected chi connectivity index (χ0v) is 11.6. The fourth-order valence-corrected chi connectivity index (χ4v) is 1.55. The van der Waals surface area contributed by atoms with Crippen LogP contribution in [0, 0.1) is 0 Å². The Bertz CT molecular complexity index is 420. The Labute approximate surface area is 111 Å². The quantitative estimate of drug-likeness (QED) is 0.860. The molecule has 0 aromatic carbocycles. The molecule has 0 radical (unpaired) electrons. The standard InChI is InChI=1S/C12H20F2N4O/c1-8(2)17(4)12(19)9(3)16-10-5-15-18(6-10)7-11(13)14/h5-6,8-9,11,16H,7H2,1-4H3. The van der Waals surface area contributed by atoms with Crippen LogP contribution in [0.4, 0.5) is 14.5 Å². The van der Waals surface area contributed by atoms with Gasteiger partial charge < -0.3 is 10.2 Å². The summed E-state index contributed by atoms with van der Waals surface area (Å²) in [6.07, 6.45) is 0.450. The molecule has 0 spiro atoms. The number of aromatic nitrogens is 2. The summed E-state index contributed by atoms with van der Waals surface area (Å²) >= 11 is 0. The second-order valence-corrected chi connectivity index (χ2v) is 4.75. The number of rotatable bonds is 6. The molecule has 0 aliphatic rings. The van der Waals surface area contributed by atoms with Crippen LogP contribution in [-0.2, 0) is 11.3 Å². The fraction of sp³-hybridized carbons (Fsp3) is 0.667. The number of anilines is 1. The molecule has 19 heavy (non-hydrogen) atoms. The first-order valence-electron chi connectivity index (χ1n) is 6.15. The summed E-state index contributed by atoms with van der Waals surface area (Å²) in [5, 5.41) is 6.75. The van der Waals surface area contributed by atoms with Gasteiger partial charge in [0.1, 0.15) is 12.6 Å². The molecule has 0 bridgehead atoms. The largest absolute Gasteiger partial charge is 0.371 e. The Kier molecular flexibility index (Phi) is 5.26. The minimum Gasteiger partial charge on any atom is -0.371 e. The third kappa shape index (κ3) is 4.50. The van der Waals surface area contributed by atoms with Crippen LogP contribution in [0.3, 0.4) is 0 Å². The molecule has 1 amide bonds. The Morgan fingerprint density at radius 1 is 1.47 bits per heavy atom. The Balaban J connectivity index is 2.59. The van der Waals surface area contributed by atoms with E-state index >= 15 is 0 Å². The number of likely N-dealkylation sites (N-methyl/N-ethyl adjacent to an activating group) is 1. The molecule has 1 atom stereocenters. The lowest BCUT2D eigenvalue weighted by molar-refractivity contribution is -0.131. The number of carbonyl (C=O) groups is 1. The lowest BCUT2D eigenvalue weighted by atomic mass is 10.2. The zero-order chi connectivity index (χ0) is 14.6. The molecule has 0 aliphatic carbocycles. The molecule has 0 fully saturated rings. The van der Waals surface area contributed by atoms with Gasteiger partial charge in [0.2, 0.25) is 5.91 Å². The number of nitrogens with one attached hydrogen (secondary N) is 1. The molecule has 0 aliphatic heterocycles. The average molecular weight is 274 g/mol. The van der Waals surface area contributed by atoms with Crippen molar-refractivity contribution in [3.63, 3.8) is 0 Å². The van der Waals surface area contributed by atoms with Crippen LogP contribution in [0.1, 0.15) is 20.8 Å². The molecule has 108 valence electrons. The van der Waals surface area contributed by atoms with Gasteiger partial charge in [0.05, 0.1) is 11.9 Å². The van der Waals surface area contributed by atoms with Crippen molar-refractivity contribution in [2.45, 2.75) is 45.8 Å². The van der Waals surface area contributed by atoms with Crippen LogP contribution >= 0.6 is 0 Å². The van der Waals surface area contributed by atoms with E-state index in [1.165, 1.54) is 12.4 Å². The van der Waals surface area contributed by atoms with Gasteiger partial charge >= 0.3 is 0 Å². The number of halogens is 2. The van der Waals surface area contributed by atoms with Crippen molar-refractivity contribution in [2.75, 3.05) is 12.4 Å². The summed E-state index contributed by atoms with van der Waals surface area (Å²) < 4.78 is 25.5. The smallest absolute Gasteiger partial charge is 0.257 e. The molecule has 1 aromatic rings. The summed E-state index contributed by atoms with van der Waals surface area (Å²) in [4.78, 5) is 13.6. The van der Waals surface area contributed by atoms with Crippen molar-refractivity contribution in [1.82, 2.24) is 14.7 Å². The van der Waals surface area contributed by atoms with Crippen LogP contribution in [0.5, 0.6) is 0 Å². The summed E-state index contributed by atoms with van der Waals surface area (Å²) in [7, 11) is 1.73. The molecule has 0 saturated carbocycles. The topological polar surface area (TPSA) is 50.2 Å². The Morgan fingerprint density at radius 2 is 2.11 bits per heavy atom. The molecule has 1 N–H and O–H groups in total. The van der Waals surface area contributed by atoms with E-state index in [2.05, 4.69) is 10.4 Å². The van der Waals surface area contributed by atoms with E-state index in [1.807, 2.05) is 13.8 Å². The highest BCUT2D eigenvalue weighted by atomic mass is 19.3. The first-order valence-corrected chi connectivity index (χ1v) is 6.15. The average Bonchev–Trinajstić information content (AvgIpc) is 2.73. The van der Waals surface area contributed by atoms with E-state index in [-0.39, 0.29) is 11.9 Å². The monoisotopic (exact) mass is 274 g/mol. The van der Waals surface area contributed by atoms with E-state index in [9.17, 15) is 13.6 Å². The van der Waals surface area contributed by atoms with Crippen LogP contribution < -0.4 is 5.32 Å². The maximum atomic E-state index is 12.2. The first kappa shape index (κ1) is 15.4. The van der Waals surface area contributed by atoms with Crippen molar-refractivity contribution < 1.29 is 13.6 Å². The highest BCUT2D eigenvalue weighted by Crippen LogP contribution is 2.10. The predicted octanol–water partition coefficient (Wildman–Crippen LogP) is 1.82. The van der Waals surface area contributed by atoms with Crippen LogP contribution in [0.15, 0.2) is 12.4 Å². The number of hydrogen-bond donors (Lipinski definition) is 1. The molecule has 1 aromatic heterocycles. The summed E-state index contributed by atoms with van der Waals surface area (Å²) in [5.41, 5.74) is 0.554. The Hall–Kier alpha value is -1.66. The molecule has 1 heterocycles. The summed E-state index contributed by atoms with van der Waals surface area (Å²) in [6.45, 7) is 5.12. The van der Waals surface area contributed by atoms with E-state index < -0.39 is 19.0 Å². The normalized spacial score (nSPS) is 12.8. The SMILES string of the molecule is CC(Nc1cnn(CC(F)F)c1)C(=O)N(C)C(C)C. The Morgan fingerprint density at radius 3 is 2.63 bits per heavy atom. The lowest BCUT2D eigenvalue weighted by Crippen LogP contribution is -2.42. The van der Waals surface area contributed by atoms with Crippen molar-refractivity contribution in [3.8, 4) is 0 Å². The van der Waals surface area contributed by atoms with Gasteiger partial charge in [0.15, 0.2) is 0 Å². The van der Waals surface area contributed by atoms with Gasteiger partial charge in [0, 0.05) is 19.3 Å². The first-order chi connectivity index (χ1) is 8.81. The second kappa shape index (κ2) is 6.49. The predicted molar refractivity (Wildman–Crippen MR) is 69.2 cm³/mol. The fourth-order valence-electron chi connectivity index (χ4n) is 1.55. The van der Waals surface area contributed by atoms with E-state index in [0.717, 1.165) is 4.68 Å². The third-order valence-corrected chi connectivity index (χ3v) is 2.83. The summed E-state index contributed by atoms with van der Waals surface area (Å²) in [5.74, 6) is -0.0587. The van der Waals surface area contributed by atoms with Gasteiger partial charge in [0.25, 0.3) is 6.43 Å². The number of amides is 1. The van der Waals surface area contributed by atoms with Crippen molar-refractivity contribution in [3.05, 3.63) is 12.4 Å². The van der Waals surface area contributed by atoms with Gasteiger partial charge in [-0.2, -0.15) is 5.10 Å². The number of nitrogens with zero attached hydrogens (tertiary/aromatic N) is 3. The van der Waals surface area contributed by atoms with Gasteiger partial charge in [-0.25, -0.2) is 8.78 Å². The molecule has 7 heteroatoms. The minimum atomic E-state index is -2.45. The van der Waals surface area contributed by atoms with Crippen LogP contribution in [0.2, 0.25) is 0 Å². The highest BCUT2D eigenvalue weighted by molar-refractivity contribution is 5.84. The molecule has 5 nitrogen and oxygen atoms in total. The van der Waals surface area contributed by atoms with Gasteiger partial charge in [-0.1, -0.05) is 0 Å². The summed E-state index contributed by atoms with van der Waals surface area (Å²) in [6, 6.07) is -0.324. The zero-order valence-electron chi connectivity index (χ0n) is 11.6. The number of carbonyl (C=O) groups excluding carboxylic acids is 1. The van der Waals surface area contributed by atoms with Crippen molar-refractivity contribution in [1.29, 1.82) is 0 Å². The molecule has 1 unspecified atom stereocenters.